The minimum Gasteiger partial charge on any atom is -0.304 e. The predicted octanol–water partition coefficient (Wildman–Crippen LogP) is 2.30. The number of hydrogen-bond acceptors (Lipinski definition) is 3. The molecule has 0 radical (unpaired) electrons. The van der Waals surface area contributed by atoms with Crippen molar-refractivity contribution in [1.82, 2.24) is 9.80 Å². The van der Waals surface area contributed by atoms with Gasteiger partial charge in [0.2, 0.25) is 0 Å². The van der Waals surface area contributed by atoms with Gasteiger partial charge in [-0.1, -0.05) is 26.8 Å². The monoisotopic (exact) mass is 239 g/mol. The highest BCUT2D eigenvalue weighted by Crippen LogP contribution is 1.97. The van der Waals surface area contributed by atoms with Gasteiger partial charge in [-0.15, -0.1) is 0 Å². The zero-order valence-corrected chi connectivity index (χ0v) is 12.0. The van der Waals surface area contributed by atoms with Crippen LogP contribution in [-0.4, -0.2) is 62.3 Å². The van der Waals surface area contributed by atoms with Gasteiger partial charge < -0.3 is 4.90 Å². The van der Waals surface area contributed by atoms with Crippen molar-refractivity contribution in [2.24, 2.45) is 4.99 Å². The summed E-state index contributed by atoms with van der Waals surface area (Å²) in [4.78, 5) is 9.22. The van der Waals surface area contributed by atoms with E-state index < -0.39 is 0 Å². The first-order valence-electron chi connectivity index (χ1n) is 6.88. The molecule has 0 amide bonds. The molecular weight excluding hydrogens is 210 g/mol. The molecule has 1 fully saturated rings. The average Bonchev–Trinajstić information content (AvgIpc) is 2.38. The topological polar surface area (TPSA) is 18.8 Å². The summed E-state index contributed by atoms with van der Waals surface area (Å²) in [6, 6.07) is 0. The summed E-state index contributed by atoms with van der Waals surface area (Å²) >= 11 is 0. The molecule has 100 valence electrons. The van der Waals surface area contributed by atoms with E-state index >= 15 is 0 Å². The summed E-state index contributed by atoms with van der Waals surface area (Å²) in [7, 11) is 2.19. The molecule has 1 aliphatic heterocycles. The average molecular weight is 239 g/mol. The fourth-order valence-electron chi connectivity index (χ4n) is 1.60. The zero-order chi connectivity index (χ0) is 12.9. The van der Waals surface area contributed by atoms with Gasteiger partial charge in [-0.3, -0.25) is 9.89 Å². The molecule has 3 nitrogen and oxygen atoms in total. The molecule has 0 unspecified atom stereocenters. The normalized spacial score (nSPS) is 18.6. The zero-order valence-electron chi connectivity index (χ0n) is 12.0. The van der Waals surface area contributed by atoms with E-state index in [0.717, 1.165) is 19.5 Å². The van der Waals surface area contributed by atoms with Gasteiger partial charge in [0, 0.05) is 38.9 Å². The number of likely N-dealkylation sites (N-methyl/N-ethyl adjacent to an activating group) is 1. The highest BCUT2D eigenvalue weighted by Gasteiger charge is 2.12. The molecule has 0 spiro atoms. The van der Waals surface area contributed by atoms with E-state index in [1.165, 1.54) is 26.2 Å². The second-order valence-electron chi connectivity index (χ2n) is 4.04. The standard InChI is InChI=1S/C12H23N3.C2H6/c1-3-4-5-6-13-7-8-15-11-9-14(2)10-12-15;1-2/h4-6H,3,7-12H2,1-2H3;1-2H3/b5-4-,13-6?;. The Morgan fingerprint density at radius 3 is 2.35 bits per heavy atom. The van der Waals surface area contributed by atoms with Crippen LogP contribution in [0, 0.1) is 0 Å². The van der Waals surface area contributed by atoms with Gasteiger partial charge in [0.1, 0.15) is 0 Å². The van der Waals surface area contributed by atoms with Gasteiger partial charge in [0.25, 0.3) is 0 Å². The third-order valence-electron chi connectivity index (χ3n) is 2.70. The van der Waals surface area contributed by atoms with E-state index in [4.69, 9.17) is 0 Å². The molecule has 1 saturated heterocycles. The van der Waals surface area contributed by atoms with Crippen molar-refractivity contribution >= 4 is 6.21 Å². The number of rotatable bonds is 5. The first-order valence-corrected chi connectivity index (χ1v) is 6.88. The SMILES string of the molecule is CC.CC/C=C\C=NCCN1CCN(C)CC1. The lowest BCUT2D eigenvalue weighted by Crippen LogP contribution is -2.45. The summed E-state index contributed by atoms with van der Waals surface area (Å²) < 4.78 is 0. The van der Waals surface area contributed by atoms with Gasteiger partial charge >= 0.3 is 0 Å². The number of allylic oxidation sites excluding steroid dienone is 2. The summed E-state index contributed by atoms with van der Waals surface area (Å²) in [5.41, 5.74) is 0. The van der Waals surface area contributed by atoms with Gasteiger partial charge in [0.15, 0.2) is 0 Å². The van der Waals surface area contributed by atoms with Crippen LogP contribution < -0.4 is 0 Å². The molecule has 1 rings (SSSR count). The molecular formula is C14H29N3. The van der Waals surface area contributed by atoms with Crippen LogP contribution in [0.15, 0.2) is 17.1 Å². The number of nitrogens with zero attached hydrogens (tertiary/aromatic N) is 3. The van der Waals surface area contributed by atoms with Gasteiger partial charge in [-0.05, 0) is 19.5 Å². The third-order valence-corrected chi connectivity index (χ3v) is 2.70. The minimum absolute atomic E-state index is 0.928. The molecule has 0 atom stereocenters. The maximum absolute atomic E-state index is 4.35. The van der Waals surface area contributed by atoms with Crippen LogP contribution in [0.3, 0.4) is 0 Å². The van der Waals surface area contributed by atoms with Crippen molar-refractivity contribution in [2.45, 2.75) is 27.2 Å². The first kappa shape index (κ1) is 16.3. The maximum Gasteiger partial charge on any atom is 0.0516 e. The Labute approximate surface area is 107 Å². The molecule has 0 N–H and O–H groups in total. The number of hydrogen-bond donors (Lipinski definition) is 0. The summed E-state index contributed by atoms with van der Waals surface area (Å²) in [6.07, 6.45) is 7.16. The number of piperazine rings is 1. The third kappa shape index (κ3) is 9.07. The second-order valence-corrected chi connectivity index (χ2v) is 4.04. The summed E-state index contributed by atoms with van der Waals surface area (Å²) in [6.45, 7) is 12.9. The van der Waals surface area contributed by atoms with E-state index in [9.17, 15) is 0 Å². The molecule has 0 aliphatic carbocycles. The van der Waals surface area contributed by atoms with Crippen LogP contribution in [0.2, 0.25) is 0 Å². The van der Waals surface area contributed by atoms with Crippen LogP contribution in [0.25, 0.3) is 0 Å². The van der Waals surface area contributed by atoms with Crippen molar-refractivity contribution in [3.8, 4) is 0 Å². The number of aliphatic imine (C=N–C) groups is 1. The summed E-state index contributed by atoms with van der Waals surface area (Å²) in [5.74, 6) is 0. The largest absolute Gasteiger partial charge is 0.304 e. The van der Waals surface area contributed by atoms with Crippen LogP contribution in [0.4, 0.5) is 0 Å². The molecule has 0 aromatic carbocycles. The Balaban J connectivity index is 0.00000121. The van der Waals surface area contributed by atoms with Crippen molar-refractivity contribution < 1.29 is 0 Å². The molecule has 1 heterocycles. The highest BCUT2D eigenvalue weighted by atomic mass is 15.2. The fourth-order valence-corrected chi connectivity index (χ4v) is 1.60. The lowest BCUT2D eigenvalue weighted by Gasteiger charge is -2.31. The second kappa shape index (κ2) is 11.8. The van der Waals surface area contributed by atoms with Crippen LogP contribution >= 0.6 is 0 Å². The van der Waals surface area contributed by atoms with Gasteiger partial charge in [-0.2, -0.15) is 0 Å². The van der Waals surface area contributed by atoms with Crippen LogP contribution in [0.1, 0.15) is 27.2 Å². The van der Waals surface area contributed by atoms with Crippen LogP contribution in [0.5, 0.6) is 0 Å². The predicted molar refractivity (Wildman–Crippen MR) is 78.1 cm³/mol. The maximum atomic E-state index is 4.35. The molecule has 3 heteroatoms. The van der Waals surface area contributed by atoms with E-state index in [0.29, 0.717) is 0 Å². The lowest BCUT2D eigenvalue weighted by molar-refractivity contribution is 0.157. The van der Waals surface area contributed by atoms with E-state index in [1.807, 2.05) is 26.1 Å². The molecule has 1 aliphatic rings. The molecule has 0 aromatic heterocycles. The molecule has 0 saturated carbocycles. The van der Waals surface area contributed by atoms with E-state index in [1.54, 1.807) is 0 Å². The van der Waals surface area contributed by atoms with Crippen molar-refractivity contribution in [3.05, 3.63) is 12.2 Å². The summed E-state index contributed by atoms with van der Waals surface area (Å²) in [5, 5.41) is 0. The Bertz CT molecular complexity index is 204. The fraction of sp³-hybridized carbons (Fsp3) is 0.786. The smallest absolute Gasteiger partial charge is 0.0516 e. The van der Waals surface area contributed by atoms with Gasteiger partial charge in [0.05, 0.1) is 6.54 Å². The Kier molecular flexibility index (Phi) is 11.3. The van der Waals surface area contributed by atoms with Gasteiger partial charge in [-0.25, -0.2) is 0 Å². The van der Waals surface area contributed by atoms with E-state index in [-0.39, 0.29) is 0 Å². The van der Waals surface area contributed by atoms with Crippen LogP contribution in [-0.2, 0) is 0 Å². The quantitative estimate of drug-likeness (QED) is 0.686. The molecule has 0 bridgehead atoms. The molecule has 0 aromatic rings. The minimum atomic E-state index is 0.928. The highest BCUT2D eigenvalue weighted by molar-refractivity contribution is 5.70. The Morgan fingerprint density at radius 2 is 1.76 bits per heavy atom. The molecule has 17 heavy (non-hydrogen) atoms. The van der Waals surface area contributed by atoms with Crippen molar-refractivity contribution in [2.75, 3.05) is 46.3 Å². The first-order chi connectivity index (χ1) is 8.33. The van der Waals surface area contributed by atoms with Crippen molar-refractivity contribution in [3.63, 3.8) is 0 Å². The Morgan fingerprint density at radius 1 is 1.12 bits per heavy atom. The Hall–Kier alpha value is -0.670. The van der Waals surface area contributed by atoms with E-state index in [2.05, 4.69) is 34.8 Å². The van der Waals surface area contributed by atoms with Crippen molar-refractivity contribution in [1.29, 1.82) is 0 Å². The lowest BCUT2D eigenvalue weighted by atomic mass is 10.3.